The molecule has 0 aliphatic rings. The molecule has 112 valence electrons. The summed E-state index contributed by atoms with van der Waals surface area (Å²) < 4.78 is 10.5. The smallest absolute Gasteiger partial charge is 0.145 e. The van der Waals surface area contributed by atoms with Crippen LogP contribution in [0.1, 0.15) is 18.5 Å². The van der Waals surface area contributed by atoms with Crippen molar-refractivity contribution in [3.8, 4) is 17.2 Å². The van der Waals surface area contributed by atoms with Gasteiger partial charge < -0.3 is 19.9 Å². The van der Waals surface area contributed by atoms with Gasteiger partial charge >= 0.3 is 0 Å². The highest BCUT2D eigenvalue weighted by atomic mass is 35.5. The zero-order chi connectivity index (χ0) is 15.4. The van der Waals surface area contributed by atoms with E-state index in [0.29, 0.717) is 16.5 Å². The van der Waals surface area contributed by atoms with E-state index in [1.807, 2.05) is 19.1 Å². The third kappa shape index (κ3) is 3.34. The molecule has 0 saturated heterocycles. The van der Waals surface area contributed by atoms with Gasteiger partial charge in [-0.15, -0.1) is 0 Å². The van der Waals surface area contributed by atoms with Crippen molar-refractivity contribution >= 4 is 17.3 Å². The van der Waals surface area contributed by atoms with Gasteiger partial charge in [0.05, 0.1) is 31.0 Å². The van der Waals surface area contributed by atoms with Gasteiger partial charge in [0.15, 0.2) is 0 Å². The Morgan fingerprint density at radius 1 is 1.10 bits per heavy atom. The summed E-state index contributed by atoms with van der Waals surface area (Å²) in [6, 6.07) is 10.6. The van der Waals surface area contributed by atoms with Crippen LogP contribution in [0.15, 0.2) is 36.4 Å². The molecule has 0 aliphatic carbocycles. The third-order valence-electron chi connectivity index (χ3n) is 3.25. The van der Waals surface area contributed by atoms with Crippen LogP contribution in [-0.2, 0) is 0 Å². The van der Waals surface area contributed by atoms with Crippen molar-refractivity contribution in [2.24, 2.45) is 0 Å². The van der Waals surface area contributed by atoms with Gasteiger partial charge in [0.25, 0.3) is 0 Å². The van der Waals surface area contributed by atoms with Gasteiger partial charge in [0.1, 0.15) is 17.2 Å². The number of aromatic hydroxyl groups is 1. The van der Waals surface area contributed by atoms with E-state index in [1.54, 1.807) is 38.5 Å². The number of para-hydroxylation sites is 1. The number of hydrogen-bond acceptors (Lipinski definition) is 4. The SMILES string of the molecule is COc1cc(OC)c(NC(C)c2ccccc2O)cc1Cl. The number of ether oxygens (including phenoxy) is 2. The van der Waals surface area contributed by atoms with Crippen molar-refractivity contribution < 1.29 is 14.6 Å². The second-order valence-electron chi connectivity index (χ2n) is 4.61. The van der Waals surface area contributed by atoms with Gasteiger partial charge in [-0.1, -0.05) is 29.8 Å². The molecule has 0 aliphatic heterocycles. The highest BCUT2D eigenvalue weighted by molar-refractivity contribution is 6.32. The van der Waals surface area contributed by atoms with E-state index in [1.165, 1.54) is 0 Å². The highest BCUT2D eigenvalue weighted by Crippen LogP contribution is 2.38. The molecule has 0 aromatic heterocycles. The molecular formula is C16H18ClNO3. The number of phenols is 1. The van der Waals surface area contributed by atoms with Crippen LogP contribution in [-0.4, -0.2) is 19.3 Å². The van der Waals surface area contributed by atoms with Crippen LogP contribution in [0, 0.1) is 0 Å². The largest absolute Gasteiger partial charge is 0.508 e. The summed E-state index contributed by atoms with van der Waals surface area (Å²) in [7, 11) is 3.14. The van der Waals surface area contributed by atoms with Crippen LogP contribution < -0.4 is 14.8 Å². The molecule has 2 aromatic carbocycles. The van der Waals surface area contributed by atoms with Crippen LogP contribution in [0.25, 0.3) is 0 Å². The molecule has 2 N–H and O–H groups in total. The van der Waals surface area contributed by atoms with Gasteiger partial charge in [-0.3, -0.25) is 0 Å². The normalized spacial score (nSPS) is 11.8. The summed E-state index contributed by atoms with van der Waals surface area (Å²) in [5.41, 5.74) is 1.53. The molecule has 0 fully saturated rings. The minimum Gasteiger partial charge on any atom is -0.508 e. The summed E-state index contributed by atoms with van der Waals surface area (Å²) in [6.45, 7) is 1.95. The van der Waals surface area contributed by atoms with Crippen molar-refractivity contribution in [1.29, 1.82) is 0 Å². The van der Waals surface area contributed by atoms with Crippen LogP contribution in [0.4, 0.5) is 5.69 Å². The maximum absolute atomic E-state index is 9.90. The van der Waals surface area contributed by atoms with Crippen molar-refractivity contribution in [2.75, 3.05) is 19.5 Å². The van der Waals surface area contributed by atoms with Gasteiger partial charge in [0, 0.05) is 11.6 Å². The van der Waals surface area contributed by atoms with Crippen LogP contribution in [0.5, 0.6) is 17.2 Å². The Labute approximate surface area is 129 Å². The topological polar surface area (TPSA) is 50.7 Å². The van der Waals surface area contributed by atoms with Crippen LogP contribution >= 0.6 is 11.6 Å². The Morgan fingerprint density at radius 2 is 1.76 bits per heavy atom. The maximum Gasteiger partial charge on any atom is 0.145 e. The quantitative estimate of drug-likeness (QED) is 0.867. The molecule has 0 spiro atoms. The van der Waals surface area contributed by atoms with Gasteiger partial charge in [-0.05, 0) is 19.1 Å². The molecule has 2 aromatic rings. The predicted molar refractivity (Wildman–Crippen MR) is 84.7 cm³/mol. The van der Waals surface area contributed by atoms with E-state index in [0.717, 1.165) is 11.3 Å². The Hall–Kier alpha value is -2.07. The van der Waals surface area contributed by atoms with Crippen molar-refractivity contribution in [1.82, 2.24) is 0 Å². The number of methoxy groups -OCH3 is 2. The summed E-state index contributed by atoms with van der Waals surface area (Å²) in [5, 5.41) is 13.7. The zero-order valence-corrected chi connectivity index (χ0v) is 12.9. The number of phenolic OH excluding ortho intramolecular Hbond substituents is 1. The lowest BCUT2D eigenvalue weighted by atomic mass is 10.1. The monoisotopic (exact) mass is 307 g/mol. The zero-order valence-electron chi connectivity index (χ0n) is 12.2. The average Bonchev–Trinajstić information content (AvgIpc) is 2.48. The number of anilines is 1. The fourth-order valence-corrected chi connectivity index (χ4v) is 2.38. The molecule has 21 heavy (non-hydrogen) atoms. The maximum atomic E-state index is 9.90. The molecule has 0 amide bonds. The first-order chi connectivity index (χ1) is 10.1. The fourth-order valence-electron chi connectivity index (χ4n) is 2.14. The third-order valence-corrected chi connectivity index (χ3v) is 3.54. The number of hydrogen-bond donors (Lipinski definition) is 2. The molecule has 5 heteroatoms. The van der Waals surface area contributed by atoms with E-state index >= 15 is 0 Å². The Balaban J connectivity index is 2.31. The molecule has 0 radical (unpaired) electrons. The molecule has 4 nitrogen and oxygen atoms in total. The standard InChI is InChI=1S/C16H18ClNO3/c1-10(11-6-4-5-7-14(11)19)18-13-8-12(17)15(20-2)9-16(13)21-3/h4-10,18-19H,1-3H3. The lowest BCUT2D eigenvalue weighted by Gasteiger charge is -2.19. The van der Waals surface area contributed by atoms with Gasteiger partial charge in [-0.2, -0.15) is 0 Å². The van der Waals surface area contributed by atoms with Gasteiger partial charge in [-0.25, -0.2) is 0 Å². The second kappa shape index (κ2) is 6.59. The van der Waals surface area contributed by atoms with E-state index in [4.69, 9.17) is 21.1 Å². The fraction of sp³-hybridized carbons (Fsp3) is 0.250. The van der Waals surface area contributed by atoms with E-state index in [2.05, 4.69) is 5.32 Å². The number of benzene rings is 2. The van der Waals surface area contributed by atoms with Crippen molar-refractivity contribution in [2.45, 2.75) is 13.0 Å². The molecule has 1 atom stereocenters. The molecule has 0 saturated carbocycles. The Kier molecular flexibility index (Phi) is 4.81. The molecule has 1 unspecified atom stereocenters. The van der Waals surface area contributed by atoms with E-state index < -0.39 is 0 Å². The predicted octanol–water partition coefficient (Wildman–Crippen LogP) is 4.24. The highest BCUT2D eigenvalue weighted by Gasteiger charge is 2.14. The summed E-state index contributed by atoms with van der Waals surface area (Å²) in [4.78, 5) is 0. The summed E-state index contributed by atoms with van der Waals surface area (Å²) >= 11 is 6.15. The molecule has 0 bridgehead atoms. The van der Waals surface area contributed by atoms with Crippen LogP contribution in [0.3, 0.4) is 0 Å². The van der Waals surface area contributed by atoms with Crippen molar-refractivity contribution in [3.05, 3.63) is 47.0 Å². The average molecular weight is 308 g/mol. The molecule has 0 heterocycles. The van der Waals surface area contributed by atoms with E-state index in [9.17, 15) is 5.11 Å². The first kappa shape index (κ1) is 15.3. The molecule has 2 rings (SSSR count). The molecular weight excluding hydrogens is 290 g/mol. The minimum absolute atomic E-state index is 0.107. The second-order valence-corrected chi connectivity index (χ2v) is 5.02. The summed E-state index contributed by atoms with van der Waals surface area (Å²) in [5.74, 6) is 1.42. The Morgan fingerprint density at radius 3 is 2.38 bits per heavy atom. The first-order valence-corrected chi connectivity index (χ1v) is 6.90. The number of rotatable bonds is 5. The Bertz CT molecular complexity index is 631. The van der Waals surface area contributed by atoms with Gasteiger partial charge in [0.2, 0.25) is 0 Å². The van der Waals surface area contributed by atoms with E-state index in [-0.39, 0.29) is 11.8 Å². The van der Waals surface area contributed by atoms with Crippen molar-refractivity contribution in [3.63, 3.8) is 0 Å². The number of nitrogens with one attached hydrogen (secondary N) is 1. The summed E-state index contributed by atoms with van der Waals surface area (Å²) in [6.07, 6.45) is 0. The lowest BCUT2D eigenvalue weighted by molar-refractivity contribution is 0.395. The van der Waals surface area contributed by atoms with Crippen LogP contribution in [0.2, 0.25) is 5.02 Å². The minimum atomic E-state index is -0.107. The number of halogens is 1. The lowest BCUT2D eigenvalue weighted by Crippen LogP contribution is -2.08. The first-order valence-electron chi connectivity index (χ1n) is 6.52.